The van der Waals surface area contributed by atoms with E-state index in [0.29, 0.717) is 22.1 Å². The van der Waals surface area contributed by atoms with Crippen molar-refractivity contribution in [2.45, 2.75) is 20.3 Å². The molecule has 1 amide bonds. The van der Waals surface area contributed by atoms with Gasteiger partial charge in [0.15, 0.2) is 0 Å². The van der Waals surface area contributed by atoms with Crippen LogP contribution >= 0.6 is 11.6 Å². The molecule has 1 N–H and O–H groups in total. The first-order valence-corrected chi connectivity index (χ1v) is 9.61. The Balaban J connectivity index is 1.64. The van der Waals surface area contributed by atoms with Crippen LogP contribution in [0.5, 0.6) is 0 Å². The number of rotatable bonds is 6. The SMILES string of the molecule is COC(=O)c1cc(-c2ccc(/C=N\NC(=O)Cc3ccc(C)c(C)c3)o2)ccc1Cl. The minimum atomic E-state index is -0.526. The van der Waals surface area contributed by atoms with Crippen molar-refractivity contribution in [3.05, 3.63) is 81.6 Å². The van der Waals surface area contributed by atoms with E-state index in [9.17, 15) is 9.59 Å². The molecule has 0 fully saturated rings. The number of hydrazone groups is 1. The van der Waals surface area contributed by atoms with Crippen molar-refractivity contribution in [2.75, 3.05) is 7.11 Å². The van der Waals surface area contributed by atoms with E-state index >= 15 is 0 Å². The molecule has 3 rings (SSSR count). The molecule has 0 radical (unpaired) electrons. The van der Waals surface area contributed by atoms with Gasteiger partial charge in [0, 0.05) is 5.56 Å². The predicted octanol–water partition coefficient (Wildman–Crippen LogP) is 4.70. The van der Waals surface area contributed by atoms with Gasteiger partial charge in [0.05, 0.1) is 30.3 Å². The van der Waals surface area contributed by atoms with Gasteiger partial charge in [-0.1, -0.05) is 29.8 Å². The van der Waals surface area contributed by atoms with Crippen molar-refractivity contribution in [3.63, 3.8) is 0 Å². The summed E-state index contributed by atoms with van der Waals surface area (Å²) in [6.07, 6.45) is 1.65. The van der Waals surface area contributed by atoms with E-state index in [2.05, 4.69) is 10.5 Å². The first kappa shape index (κ1) is 21.3. The number of furan rings is 1. The summed E-state index contributed by atoms with van der Waals surface area (Å²) in [4.78, 5) is 23.9. The first-order chi connectivity index (χ1) is 14.4. The molecule has 0 saturated heterocycles. The Hall–Kier alpha value is -3.38. The highest BCUT2D eigenvalue weighted by molar-refractivity contribution is 6.33. The Morgan fingerprint density at radius 3 is 2.63 bits per heavy atom. The summed E-state index contributed by atoms with van der Waals surface area (Å²) < 4.78 is 10.4. The fraction of sp³-hybridized carbons (Fsp3) is 0.174. The number of esters is 1. The monoisotopic (exact) mass is 424 g/mol. The van der Waals surface area contributed by atoms with Gasteiger partial charge in [-0.15, -0.1) is 0 Å². The molecule has 0 aliphatic rings. The zero-order chi connectivity index (χ0) is 21.7. The van der Waals surface area contributed by atoms with Crippen molar-refractivity contribution < 1.29 is 18.7 Å². The topological polar surface area (TPSA) is 80.9 Å². The number of carbonyl (C=O) groups is 2. The van der Waals surface area contributed by atoms with Crippen molar-refractivity contribution >= 4 is 29.7 Å². The minimum absolute atomic E-state index is 0.221. The highest BCUT2D eigenvalue weighted by Gasteiger charge is 2.13. The van der Waals surface area contributed by atoms with E-state index in [1.807, 2.05) is 32.0 Å². The number of hydrogen-bond acceptors (Lipinski definition) is 5. The van der Waals surface area contributed by atoms with Crippen LogP contribution < -0.4 is 5.43 Å². The summed E-state index contributed by atoms with van der Waals surface area (Å²) in [5.74, 6) is 0.231. The summed E-state index contributed by atoms with van der Waals surface area (Å²) in [6, 6.07) is 14.3. The fourth-order valence-corrected chi connectivity index (χ4v) is 3.02. The van der Waals surface area contributed by atoms with Gasteiger partial charge in [0.25, 0.3) is 0 Å². The second-order valence-corrected chi connectivity index (χ2v) is 7.18. The Kier molecular flexibility index (Phi) is 6.69. The molecule has 0 aliphatic heterocycles. The van der Waals surface area contributed by atoms with Crippen LogP contribution in [0.15, 0.2) is 58.0 Å². The number of amides is 1. The second-order valence-electron chi connectivity index (χ2n) is 6.78. The maximum absolute atomic E-state index is 12.1. The van der Waals surface area contributed by atoms with Crippen LogP contribution in [0.25, 0.3) is 11.3 Å². The highest BCUT2D eigenvalue weighted by Crippen LogP contribution is 2.27. The van der Waals surface area contributed by atoms with Gasteiger partial charge in [-0.3, -0.25) is 4.79 Å². The molecule has 7 heteroatoms. The summed E-state index contributed by atoms with van der Waals surface area (Å²) in [5.41, 5.74) is 6.67. The van der Waals surface area contributed by atoms with Gasteiger partial charge in [0.1, 0.15) is 11.5 Å². The predicted molar refractivity (Wildman–Crippen MR) is 116 cm³/mol. The quantitative estimate of drug-likeness (QED) is 0.353. The Labute approximate surface area is 179 Å². The zero-order valence-electron chi connectivity index (χ0n) is 16.9. The lowest BCUT2D eigenvalue weighted by Crippen LogP contribution is -2.19. The van der Waals surface area contributed by atoms with Crippen LogP contribution in [-0.4, -0.2) is 25.2 Å². The largest absolute Gasteiger partial charge is 0.465 e. The molecular formula is C23H21ClN2O4. The van der Waals surface area contributed by atoms with Crippen LogP contribution in [0.1, 0.15) is 32.8 Å². The molecule has 2 aromatic carbocycles. The molecule has 0 saturated carbocycles. The molecule has 0 bridgehead atoms. The van der Waals surface area contributed by atoms with E-state index < -0.39 is 5.97 Å². The number of benzene rings is 2. The smallest absolute Gasteiger partial charge is 0.339 e. The molecule has 0 atom stereocenters. The van der Waals surface area contributed by atoms with Gasteiger partial charge >= 0.3 is 5.97 Å². The number of nitrogens with one attached hydrogen (secondary N) is 1. The van der Waals surface area contributed by atoms with E-state index in [0.717, 1.165) is 11.1 Å². The minimum Gasteiger partial charge on any atom is -0.465 e. The van der Waals surface area contributed by atoms with E-state index in [-0.39, 0.29) is 17.9 Å². The number of ether oxygens (including phenoxy) is 1. The van der Waals surface area contributed by atoms with E-state index in [4.69, 9.17) is 20.8 Å². The molecule has 1 heterocycles. The van der Waals surface area contributed by atoms with Gasteiger partial charge < -0.3 is 9.15 Å². The third kappa shape index (κ3) is 5.15. The first-order valence-electron chi connectivity index (χ1n) is 9.23. The third-order valence-electron chi connectivity index (χ3n) is 4.60. The lowest BCUT2D eigenvalue weighted by Gasteiger charge is -2.04. The van der Waals surface area contributed by atoms with Crippen LogP contribution in [0, 0.1) is 13.8 Å². The van der Waals surface area contributed by atoms with Crippen molar-refractivity contribution in [1.29, 1.82) is 0 Å². The normalized spacial score (nSPS) is 10.9. The Morgan fingerprint density at radius 1 is 1.10 bits per heavy atom. The Morgan fingerprint density at radius 2 is 1.90 bits per heavy atom. The lowest BCUT2D eigenvalue weighted by atomic mass is 10.0. The molecule has 0 spiro atoms. The molecule has 0 aliphatic carbocycles. The number of hydrogen-bond donors (Lipinski definition) is 1. The van der Waals surface area contributed by atoms with Crippen LogP contribution in [0.2, 0.25) is 5.02 Å². The van der Waals surface area contributed by atoms with Gasteiger partial charge in [-0.25, -0.2) is 10.2 Å². The summed E-state index contributed by atoms with van der Waals surface area (Å²) in [5, 5.41) is 4.24. The molecule has 3 aromatic rings. The second kappa shape index (κ2) is 9.41. The van der Waals surface area contributed by atoms with E-state index in [1.54, 1.807) is 30.3 Å². The van der Waals surface area contributed by atoms with Crippen molar-refractivity contribution in [3.8, 4) is 11.3 Å². The maximum atomic E-state index is 12.1. The third-order valence-corrected chi connectivity index (χ3v) is 4.93. The molecule has 0 unspecified atom stereocenters. The number of nitrogens with zero attached hydrogens (tertiary/aromatic N) is 1. The lowest BCUT2D eigenvalue weighted by molar-refractivity contribution is -0.120. The summed E-state index contributed by atoms with van der Waals surface area (Å²) in [6.45, 7) is 4.04. The summed E-state index contributed by atoms with van der Waals surface area (Å²) in [7, 11) is 1.29. The maximum Gasteiger partial charge on any atom is 0.339 e. The Bertz CT molecular complexity index is 1120. The molecule has 6 nitrogen and oxygen atoms in total. The van der Waals surface area contributed by atoms with Crippen LogP contribution in [0.3, 0.4) is 0 Å². The average molecular weight is 425 g/mol. The number of aryl methyl sites for hydroxylation is 2. The number of carbonyl (C=O) groups excluding carboxylic acids is 2. The van der Waals surface area contributed by atoms with Gasteiger partial charge in [-0.05, 0) is 60.9 Å². The zero-order valence-corrected chi connectivity index (χ0v) is 17.6. The standard InChI is InChI=1S/C23H21ClN2O4/c1-14-4-5-16(10-15(14)2)11-22(27)26-25-13-18-7-9-21(30-18)17-6-8-20(24)19(12-17)23(28)29-3/h4-10,12-13H,11H2,1-3H3,(H,26,27)/b25-13-. The molecule has 154 valence electrons. The molecule has 1 aromatic heterocycles. The summed E-state index contributed by atoms with van der Waals surface area (Å²) >= 11 is 6.04. The number of methoxy groups -OCH3 is 1. The number of halogens is 1. The van der Waals surface area contributed by atoms with Gasteiger partial charge in [-0.2, -0.15) is 5.10 Å². The molecule has 30 heavy (non-hydrogen) atoms. The van der Waals surface area contributed by atoms with Crippen molar-refractivity contribution in [1.82, 2.24) is 5.43 Å². The average Bonchev–Trinajstić information content (AvgIpc) is 3.19. The fourth-order valence-electron chi connectivity index (χ4n) is 2.83. The van der Waals surface area contributed by atoms with Crippen LogP contribution in [-0.2, 0) is 16.0 Å². The van der Waals surface area contributed by atoms with Crippen LogP contribution in [0.4, 0.5) is 0 Å². The van der Waals surface area contributed by atoms with E-state index in [1.165, 1.54) is 18.9 Å². The highest BCUT2D eigenvalue weighted by atomic mass is 35.5. The van der Waals surface area contributed by atoms with Gasteiger partial charge in [0.2, 0.25) is 5.91 Å². The molecular weight excluding hydrogens is 404 g/mol. The van der Waals surface area contributed by atoms with Crippen molar-refractivity contribution in [2.24, 2.45) is 5.10 Å².